The minimum absolute atomic E-state index is 0. The van der Waals surface area contributed by atoms with Gasteiger partial charge in [-0.1, -0.05) is 50.1 Å². The van der Waals surface area contributed by atoms with Gasteiger partial charge in [0, 0.05) is 19.0 Å². The van der Waals surface area contributed by atoms with Gasteiger partial charge in [-0.3, -0.25) is 4.79 Å². The van der Waals surface area contributed by atoms with Crippen LogP contribution < -0.4 is 5.32 Å². The van der Waals surface area contributed by atoms with Gasteiger partial charge in [0.05, 0.1) is 0 Å². The highest BCUT2D eigenvalue weighted by Gasteiger charge is 2.29. The van der Waals surface area contributed by atoms with Crippen LogP contribution in [0.5, 0.6) is 0 Å². The van der Waals surface area contributed by atoms with E-state index in [0.29, 0.717) is 23.8 Å². The molecule has 2 fully saturated rings. The van der Waals surface area contributed by atoms with Gasteiger partial charge in [-0.25, -0.2) is 0 Å². The Morgan fingerprint density at radius 1 is 1.15 bits per heavy atom. The lowest BCUT2D eigenvalue weighted by Crippen LogP contribution is -2.42. The summed E-state index contributed by atoms with van der Waals surface area (Å²) in [5.74, 6) is 1.54. The number of hydrogen-bond acceptors (Lipinski definition) is 2. The van der Waals surface area contributed by atoms with Crippen molar-refractivity contribution in [2.24, 2.45) is 11.8 Å². The van der Waals surface area contributed by atoms with Crippen molar-refractivity contribution in [3.8, 4) is 0 Å². The summed E-state index contributed by atoms with van der Waals surface area (Å²) in [5, 5.41) is 3.50. The fourth-order valence-electron chi connectivity index (χ4n) is 4.54. The molecule has 2 aliphatic rings. The van der Waals surface area contributed by atoms with Crippen LogP contribution in [0.15, 0.2) is 30.3 Å². The molecule has 146 valence electrons. The highest BCUT2D eigenvalue weighted by molar-refractivity contribution is 5.85. The summed E-state index contributed by atoms with van der Waals surface area (Å²) < 4.78 is 0. The minimum Gasteiger partial charge on any atom is -0.339 e. The second-order valence-electron chi connectivity index (χ2n) is 8.05. The zero-order chi connectivity index (χ0) is 17.5. The number of benzene rings is 1. The van der Waals surface area contributed by atoms with E-state index >= 15 is 0 Å². The Balaban J connectivity index is 0.00000243. The van der Waals surface area contributed by atoms with E-state index in [4.69, 9.17) is 0 Å². The molecular weight excluding hydrogens is 344 g/mol. The zero-order valence-corrected chi connectivity index (χ0v) is 17.0. The summed E-state index contributed by atoms with van der Waals surface area (Å²) in [6, 6.07) is 11.1. The van der Waals surface area contributed by atoms with E-state index < -0.39 is 0 Å². The lowest BCUT2D eigenvalue weighted by atomic mass is 9.85. The summed E-state index contributed by atoms with van der Waals surface area (Å²) >= 11 is 0. The van der Waals surface area contributed by atoms with Crippen LogP contribution in [-0.2, 0) is 11.2 Å². The van der Waals surface area contributed by atoms with E-state index in [9.17, 15) is 4.79 Å². The first-order chi connectivity index (χ1) is 12.2. The van der Waals surface area contributed by atoms with Crippen LogP contribution in [0, 0.1) is 11.8 Å². The molecule has 26 heavy (non-hydrogen) atoms. The van der Waals surface area contributed by atoms with E-state index in [0.717, 1.165) is 32.5 Å². The average molecular weight is 379 g/mol. The van der Waals surface area contributed by atoms with E-state index in [2.05, 4.69) is 47.5 Å². The second-order valence-corrected chi connectivity index (χ2v) is 8.05. The van der Waals surface area contributed by atoms with Crippen LogP contribution in [0.2, 0.25) is 0 Å². The highest BCUT2D eigenvalue weighted by atomic mass is 35.5. The van der Waals surface area contributed by atoms with Crippen molar-refractivity contribution in [3.63, 3.8) is 0 Å². The Morgan fingerprint density at radius 3 is 2.54 bits per heavy atom. The molecule has 0 spiro atoms. The van der Waals surface area contributed by atoms with Gasteiger partial charge in [0.15, 0.2) is 0 Å². The van der Waals surface area contributed by atoms with Crippen LogP contribution in [-0.4, -0.2) is 36.5 Å². The van der Waals surface area contributed by atoms with Gasteiger partial charge in [0.1, 0.15) is 0 Å². The Morgan fingerprint density at radius 2 is 1.88 bits per heavy atom. The van der Waals surface area contributed by atoms with Crippen LogP contribution >= 0.6 is 12.4 Å². The topological polar surface area (TPSA) is 32.3 Å². The van der Waals surface area contributed by atoms with E-state index in [1.165, 1.54) is 44.1 Å². The summed E-state index contributed by atoms with van der Waals surface area (Å²) in [4.78, 5) is 15.3. The summed E-state index contributed by atoms with van der Waals surface area (Å²) in [7, 11) is 0. The molecule has 1 aromatic rings. The maximum absolute atomic E-state index is 13.1. The standard InChI is InChI=1S/C22H34N2O.ClH/c1-18(20-10-7-14-23-17-20)16-22(25)24(21-11-5-6-12-21)15-13-19-8-3-2-4-9-19;/h2-4,8-9,18,20-21,23H,5-7,10-17H2,1H3;1H. The quantitative estimate of drug-likeness (QED) is 0.760. The summed E-state index contributed by atoms with van der Waals surface area (Å²) in [6.07, 6.45) is 9.17. The molecule has 4 heteroatoms. The lowest BCUT2D eigenvalue weighted by molar-refractivity contribution is -0.134. The molecule has 1 aliphatic carbocycles. The minimum atomic E-state index is 0. The molecule has 0 aromatic heterocycles. The third kappa shape index (κ3) is 5.99. The maximum atomic E-state index is 13.1. The Bertz CT molecular complexity index is 524. The molecule has 0 bridgehead atoms. The molecule has 1 N–H and O–H groups in total. The number of rotatable bonds is 7. The third-order valence-corrected chi connectivity index (χ3v) is 6.21. The number of carbonyl (C=O) groups excluding carboxylic acids is 1. The van der Waals surface area contributed by atoms with Gasteiger partial charge < -0.3 is 10.2 Å². The average Bonchev–Trinajstić information content (AvgIpc) is 3.18. The molecular formula is C22H35ClN2O. The van der Waals surface area contributed by atoms with Crippen molar-refractivity contribution in [1.82, 2.24) is 10.2 Å². The molecule has 2 unspecified atom stereocenters. The molecule has 1 aromatic carbocycles. The monoisotopic (exact) mass is 378 g/mol. The normalized spacial score (nSPS) is 21.8. The number of nitrogens with zero attached hydrogens (tertiary/aromatic N) is 1. The van der Waals surface area contributed by atoms with E-state index in [-0.39, 0.29) is 12.4 Å². The molecule has 1 saturated carbocycles. The molecule has 3 nitrogen and oxygen atoms in total. The van der Waals surface area contributed by atoms with Crippen molar-refractivity contribution < 1.29 is 4.79 Å². The molecule has 1 heterocycles. The zero-order valence-electron chi connectivity index (χ0n) is 16.2. The SMILES string of the molecule is CC(CC(=O)N(CCc1ccccc1)C1CCCC1)C1CCCNC1.Cl. The lowest BCUT2D eigenvalue weighted by Gasteiger charge is -2.33. The highest BCUT2D eigenvalue weighted by Crippen LogP contribution is 2.27. The van der Waals surface area contributed by atoms with Crippen molar-refractivity contribution in [2.75, 3.05) is 19.6 Å². The van der Waals surface area contributed by atoms with Gasteiger partial charge in [0.25, 0.3) is 0 Å². The fourth-order valence-corrected chi connectivity index (χ4v) is 4.54. The first kappa shape index (κ1) is 21.2. The number of piperidine rings is 1. The molecule has 0 radical (unpaired) electrons. The van der Waals surface area contributed by atoms with Crippen molar-refractivity contribution in [2.45, 2.75) is 64.3 Å². The molecule has 1 amide bonds. The van der Waals surface area contributed by atoms with E-state index in [1.54, 1.807) is 0 Å². The smallest absolute Gasteiger partial charge is 0.223 e. The summed E-state index contributed by atoms with van der Waals surface area (Å²) in [5.41, 5.74) is 1.34. The van der Waals surface area contributed by atoms with Crippen LogP contribution in [0.1, 0.15) is 57.4 Å². The first-order valence-corrected chi connectivity index (χ1v) is 10.3. The van der Waals surface area contributed by atoms with Gasteiger partial charge in [-0.2, -0.15) is 0 Å². The number of amides is 1. The molecule has 1 saturated heterocycles. The Hall–Kier alpha value is -1.06. The second kappa shape index (κ2) is 10.9. The maximum Gasteiger partial charge on any atom is 0.223 e. The first-order valence-electron chi connectivity index (χ1n) is 10.3. The van der Waals surface area contributed by atoms with Gasteiger partial charge >= 0.3 is 0 Å². The van der Waals surface area contributed by atoms with Crippen molar-refractivity contribution in [1.29, 1.82) is 0 Å². The van der Waals surface area contributed by atoms with Crippen LogP contribution in [0.25, 0.3) is 0 Å². The van der Waals surface area contributed by atoms with Crippen molar-refractivity contribution in [3.05, 3.63) is 35.9 Å². The number of halogens is 1. The van der Waals surface area contributed by atoms with Crippen LogP contribution in [0.4, 0.5) is 0 Å². The molecule has 2 atom stereocenters. The van der Waals surface area contributed by atoms with Crippen LogP contribution in [0.3, 0.4) is 0 Å². The van der Waals surface area contributed by atoms with Crippen molar-refractivity contribution >= 4 is 18.3 Å². The van der Waals surface area contributed by atoms with Gasteiger partial charge in [-0.05, 0) is 62.6 Å². The fraction of sp³-hybridized carbons (Fsp3) is 0.682. The largest absolute Gasteiger partial charge is 0.339 e. The molecule has 3 rings (SSSR count). The number of nitrogens with one attached hydrogen (secondary N) is 1. The third-order valence-electron chi connectivity index (χ3n) is 6.21. The number of carbonyl (C=O) groups is 1. The predicted octanol–water partition coefficient (Wildman–Crippen LogP) is 4.45. The Labute approximate surface area is 165 Å². The van der Waals surface area contributed by atoms with E-state index in [1.807, 2.05) is 0 Å². The summed E-state index contributed by atoms with van der Waals surface area (Å²) in [6.45, 7) is 5.38. The van der Waals surface area contributed by atoms with Gasteiger partial charge in [-0.15, -0.1) is 12.4 Å². The predicted molar refractivity (Wildman–Crippen MR) is 111 cm³/mol. The Kier molecular flexibility index (Phi) is 8.94. The molecule has 1 aliphatic heterocycles. The van der Waals surface area contributed by atoms with Gasteiger partial charge in [0.2, 0.25) is 5.91 Å². The number of hydrogen-bond donors (Lipinski definition) is 1.